The first-order chi connectivity index (χ1) is 8.52. The largest absolute Gasteiger partial charge is 0.478 e. The van der Waals surface area contributed by atoms with E-state index in [0.29, 0.717) is 11.5 Å². The number of carboxylic acid groups (broad SMARTS) is 1. The third kappa shape index (κ3) is 2.09. The quantitative estimate of drug-likeness (QED) is 0.926. The lowest BCUT2D eigenvalue weighted by atomic mass is 10.1. The van der Waals surface area contributed by atoms with E-state index in [1.54, 1.807) is 24.4 Å². The second-order valence-electron chi connectivity index (χ2n) is 4.11. The van der Waals surface area contributed by atoms with Crippen LogP contribution >= 0.6 is 11.6 Å². The predicted octanol–water partition coefficient (Wildman–Crippen LogP) is 2.74. The lowest BCUT2D eigenvalue weighted by Gasteiger charge is -2.01. The van der Waals surface area contributed by atoms with Gasteiger partial charge in [0.25, 0.3) is 0 Å². The fourth-order valence-electron chi connectivity index (χ4n) is 1.65. The standard InChI is InChI=1S/C12H12ClN3O2/c1-7(2)10-9(12(17)18)11(13)16(15-10)8-5-3-4-6-14-8/h3-7H,1-2H3,(H,17,18). The molecule has 2 aromatic rings. The molecule has 0 aliphatic heterocycles. The van der Waals surface area contributed by atoms with E-state index in [4.69, 9.17) is 11.6 Å². The molecule has 0 fully saturated rings. The predicted molar refractivity (Wildman–Crippen MR) is 67.4 cm³/mol. The number of pyridine rings is 1. The zero-order valence-electron chi connectivity index (χ0n) is 9.96. The number of rotatable bonds is 3. The molecule has 18 heavy (non-hydrogen) atoms. The molecule has 0 radical (unpaired) electrons. The van der Waals surface area contributed by atoms with Gasteiger partial charge in [0.05, 0.1) is 5.69 Å². The Bertz CT molecular complexity index is 579. The number of hydrogen-bond acceptors (Lipinski definition) is 3. The Morgan fingerprint density at radius 1 is 1.44 bits per heavy atom. The van der Waals surface area contributed by atoms with E-state index in [1.807, 2.05) is 13.8 Å². The SMILES string of the molecule is CC(C)c1nn(-c2ccccn2)c(Cl)c1C(=O)O. The number of halogens is 1. The van der Waals surface area contributed by atoms with E-state index in [0.717, 1.165) is 0 Å². The van der Waals surface area contributed by atoms with E-state index in [2.05, 4.69) is 10.1 Å². The molecule has 0 aliphatic rings. The Kier molecular flexibility index (Phi) is 3.34. The van der Waals surface area contributed by atoms with E-state index in [-0.39, 0.29) is 16.6 Å². The Balaban J connectivity index is 2.64. The van der Waals surface area contributed by atoms with Crippen molar-refractivity contribution in [3.8, 4) is 5.82 Å². The summed E-state index contributed by atoms with van der Waals surface area (Å²) in [4.78, 5) is 15.3. The Morgan fingerprint density at radius 2 is 2.17 bits per heavy atom. The van der Waals surface area contributed by atoms with Gasteiger partial charge < -0.3 is 5.11 Å². The van der Waals surface area contributed by atoms with Crippen molar-refractivity contribution in [3.63, 3.8) is 0 Å². The number of hydrogen-bond donors (Lipinski definition) is 1. The lowest BCUT2D eigenvalue weighted by molar-refractivity contribution is 0.0695. The van der Waals surface area contributed by atoms with Crippen LogP contribution in [0.15, 0.2) is 24.4 Å². The van der Waals surface area contributed by atoms with Crippen molar-refractivity contribution in [1.82, 2.24) is 14.8 Å². The minimum Gasteiger partial charge on any atom is -0.478 e. The lowest BCUT2D eigenvalue weighted by Crippen LogP contribution is -2.01. The number of aromatic carboxylic acids is 1. The van der Waals surface area contributed by atoms with Gasteiger partial charge >= 0.3 is 5.97 Å². The van der Waals surface area contributed by atoms with Crippen LogP contribution in [0.25, 0.3) is 5.82 Å². The summed E-state index contributed by atoms with van der Waals surface area (Å²) in [6.07, 6.45) is 1.60. The minimum atomic E-state index is -1.08. The topological polar surface area (TPSA) is 68.0 Å². The van der Waals surface area contributed by atoms with Crippen molar-refractivity contribution in [2.75, 3.05) is 0 Å². The monoisotopic (exact) mass is 265 g/mol. The summed E-state index contributed by atoms with van der Waals surface area (Å²) in [7, 11) is 0. The van der Waals surface area contributed by atoms with Crippen LogP contribution < -0.4 is 0 Å². The summed E-state index contributed by atoms with van der Waals surface area (Å²) in [5.74, 6) is -0.610. The molecule has 0 saturated carbocycles. The summed E-state index contributed by atoms with van der Waals surface area (Å²) in [6.45, 7) is 3.74. The number of carboxylic acids is 1. The third-order valence-electron chi connectivity index (χ3n) is 2.48. The van der Waals surface area contributed by atoms with Crippen molar-refractivity contribution >= 4 is 17.6 Å². The minimum absolute atomic E-state index is 0.0291. The molecule has 2 rings (SSSR count). The molecule has 0 atom stereocenters. The van der Waals surface area contributed by atoms with E-state index in [9.17, 15) is 9.90 Å². The maximum Gasteiger partial charge on any atom is 0.340 e. The van der Waals surface area contributed by atoms with Crippen LogP contribution in [0.1, 0.15) is 35.8 Å². The smallest absolute Gasteiger partial charge is 0.340 e. The number of nitrogens with zero attached hydrogens (tertiary/aromatic N) is 3. The van der Waals surface area contributed by atoms with Crippen LogP contribution in [0.2, 0.25) is 5.15 Å². The maximum absolute atomic E-state index is 11.2. The van der Waals surface area contributed by atoms with Crippen LogP contribution in [0.5, 0.6) is 0 Å². The Labute approximate surface area is 109 Å². The first-order valence-electron chi connectivity index (χ1n) is 5.45. The van der Waals surface area contributed by atoms with Crippen molar-refractivity contribution < 1.29 is 9.90 Å². The molecule has 5 nitrogen and oxygen atoms in total. The molecule has 0 aromatic carbocycles. The average molecular weight is 266 g/mol. The van der Waals surface area contributed by atoms with Crippen molar-refractivity contribution in [1.29, 1.82) is 0 Å². The van der Waals surface area contributed by atoms with Crippen LogP contribution in [-0.2, 0) is 0 Å². The molecule has 0 bridgehead atoms. The summed E-state index contributed by atoms with van der Waals surface area (Å²) in [5.41, 5.74) is 0.496. The van der Waals surface area contributed by atoms with E-state index in [1.165, 1.54) is 4.68 Å². The summed E-state index contributed by atoms with van der Waals surface area (Å²) in [6, 6.07) is 5.27. The summed E-state index contributed by atoms with van der Waals surface area (Å²) >= 11 is 6.08. The van der Waals surface area contributed by atoms with Crippen molar-refractivity contribution in [2.24, 2.45) is 0 Å². The fraction of sp³-hybridized carbons (Fsp3) is 0.250. The number of aromatic nitrogens is 3. The molecule has 1 N–H and O–H groups in total. The molecule has 0 amide bonds. The van der Waals surface area contributed by atoms with Gasteiger partial charge in [0, 0.05) is 6.20 Å². The van der Waals surface area contributed by atoms with Crippen LogP contribution in [0.3, 0.4) is 0 Å². The Morgan fingerprint density at radius 3 is 2.61 bits per heavy atom. The van der Waals surface area contributed by atoms with Crippen molar-refractivity contribution in [2.45, 2.75) is 19.8 Å². The molecule has 0 saturated heterocycles. The number of carbonyl (C=O) groups is 1. The molecule has 0 unspecified atom stereocenters. The van der Waals surface area contributed by atoms with Gasteiger partial charge in [-0.15, -0.1) is 0 Å². The molecule has 0 spiro atoms. The maximum atomic E-state index is 11.2. The highest BCUT2D eigenvalue weighted by Crippen LogP contribution is 2.27. The molecule has 6 heteroatoms. The highest BCUT2D eigenvalue weighted by Gasteiger charge is 2.24. The molecular weight excluding hydrogens is 254 g/mol. The van der Waals surface area contributed by atoms with Crippen LogP contribution in [-0.4, -0.2) is 25.8 Å². The summed E-state index contributed by atoms with van der Waals surface area (Å²) in [5, 5.41) is 13.5. The van der Waals surface area contributed by atoms with Gasteiger partial charge in [0.2, 0.25) is 0 Å². The average Bonchev–Trinajstić information content (AvgIpc) is 2.68. The molecule has 2 aromatic heterocycles. The summed E-state index contributed by atoms with van der Waals surface area (Å²) < 4.78 is 1.35. The van der Waals surface area contributed by atoms with Crippen LogP contribution in [0, 0.1) is 0 Å². The van der Waals surface area contributed by atoms with Gasteiger partial charge in [-0.1, -0.05) is 31.5 Å². The van der Waals surface area contributed by atoms with Gasteiger partial charge in [-0.05, 0) is 18.1 Å². The van der Waals surface area contributed by atoms with Gasteiger partial charge in [-0.2, -0.15) is 5.10 Å². The third-order valence-corrected chi connectivity index (χ3v) is 2.83. The Hall–Kier alpha value is -1.88. The van der Waals surface area contributed by atoms with Gasteiger partial charge in [-0.3, -0.25) is 0 Å². The van der Waals surface area contributed by atoms with Gasteiger partial charge in [-0.25, -0.2) is 14.5 Å². The normalized spacial score (nSPS) is 10.9. The molecular formula is C12H12ClN3O2. The van der Waals surface area contributed by atoms with Crippen LogP contribution in [0.4, 0.5) is 0 Å². The molecule has 94 valence electrons. The molecule has 2 heterocycles. The fourth-order valence-corrected chi connectivity index (χ4v) is 1.95. The van der Waals surface area contributed by atoms with Gasteiger partial charge in [0.1, 0.15) is 10.7 Å². The van der Waals surface area contributed by atoms with E-state index < -0.39 is 5.97 Å². The van der Waals surface area contributed by atoms with E-state index >= 15 is 0 Å². The highest BCUT2D eigenvalue weighted by molar-refractivity contribution is 6.32. The highest BCUT2D eigenvalue weighted by atomic mass is 35.5. The first-order valence-corrected chi connectivity index (χ1v) is 5.83. The first kappa shape index (κ1) is 12.6. The van der Waals surface area contributed by atoms with Gasteiger partial charge in [0.15, 0.2) is 5.82 Å². The second kappa shape index (κ2) is 4.78. The van der Waals surface area contributed by atoms with Crippen molar-refractivity contribution in [3.05, 3.63) is 40.8 Å². The zero-order chi connectivity index (χ0) is 13.3. The zero-order valence-corrected chi connectivity index (χ0v) is 10.7. The molecule has 0 aliphatic carbocycles. The second-order valence-corrected chi connectivity index (χ2v) is 4.47.